The monoisotopic (exact) mass is 535 g/mol. The number of fused-ring (bicyclic) bond motifs is 1. The minimum Gasteiger partial charge on any atom is -0.350 e. The molecule has 0 unspecified atom stereocenters. The number of nitrogens with zero attached hydrogens (tertiary/aromatic N) is 7. The second kappa shape index (κ2) is 10.9. The summed E-state index contributed by atoms with van der Waals surface area (Å²) in [4.78, 5) is 25.0. The van der Waals surface area contributed by atoms with Gasteiger partial charge in [0.2, 0.25) is 5.95 Å². The lowest BCUT2D eigenvalue weighted by atomic mass is 10.0. The summed E-state index contributed by atoms with van der Waals surface area (Å²) in [6.45, 7) is 6.10. The number of nitrogens with one attached hydrogen (secondary N) is 1. The maximum atomic E-state index is 13.3. The van der Waals surface area contributed by atoms with E-state index in [0.717, 1.165) is 40.9 Å². The average molecular weight is 536 g/mol. The fourth-order valence-electron chi connectivity index (χ4n) is 5.09. The highest BCUT2D eigenvalue weighted by molar-refractivity contribution is 5.95. The van der Waals surface area contributed by atoms with E-state index < -0.39 is 0 Å². The number of likely N-dealkylation sites (tertiary alicyclic amines) is 1. The Morgan fingerprint density at radius 3 is 2.65 bits per heavy atom. The van der Waals surface area contributed by atoms with Crippen LogP contribution in [0.2, 0.25) is 0 Å². The number of benzene rings is 2. The van der Waals surface area contributed by atoms with E-state index in [1.165, 1.54) is 0 Å². The molecule has 0 atom stereocenters. The van der Waals surface area contributed by atoms with Crippen molar-refractivity contribution in [3.05, 3.63) is 89.9 Å². The third kappa shape index (κ3) is 5.05. The number of anilines is 1. The fraction of sp³-hybridized carbons (Fsp3) is 0.300. The molecule has 0 bridgehead atoms. The molecule has 1 aliphatic rings. The lowest BCUT2D eigenvalue weighted by Gasteiger charge is -2.30. The lowest BCUT2D eigenvalue weighted by molar-refractivity contribution is 0.0715. The number of hydrogen-bond acceptors (Lipinski definition) is 7. The van der Waals surface area contributed by atoms with Gasteiger partial charge in [-0.3, -0.25) is 4.79 Å². The minimum atomic E-state index is 0.00984. The molecule has 1 amide bonds. The van der Waals surface area contributed by atoms with Crippen LogP contribution in [-0.2, 0) is 6.54 Å². The predicted octanol–water partition coefficient (Wildman–Crippen LogP) is 4.28. The van der Waals surface area contributed by atoms with Crippen molar-refractivity contribution in [2.75, 3.05) is 18.4 Å². The molecule has 6 rings (SSSR count). The first kappa shape index (κ1) is 25.7. The van der Waals surface area contributed by atoms with E-state index in [9.17, 15) is 4.79 Å². The smallest absolute Gasteiger partial charge is 0.253 e. The molecule has 1 saturated heterocycles. The summed E-state index contributed by atoms with van der Waals surface area (Å²) in [5.74, 6) is 1.35. The number of nitrogens with two attached hydrogens (primary N) is 1. The van der Waals surface area contributed by atoms with Gasteiger partial charge in [-0.15, -0.1) is 0 Å². The van der Waals surface area contributed by atoms with E-state index in [4.69, 9.17) is 15.7 Å². The zero-order valence-corrected chi connectivity index (χ0v) is 22.7. The van der Waals surface area contributed by atoms with Crippen LogP contribution in [0.5, 0.6) is 0 Å². The van der Waals surface area contributed by atoms with Crippen LogP contribution in [0.15, 0.2) is 73.2 Å². The van der Waals surface area contributed by atoms with Gasteiger partial charge in [-0.05, 0) is 48.6 Å². The molecular weight excluding hydrogens is 502 g/mol. The summed E-state index contributed by atoms with van der Waals surface area (Å²) in [5, 5.41) is 12.5. The van der Waals surface area contributed by atoms with Gasteiger partial charge < -0.3 is 16.0 Å². The molecule has 0 aliphatic carbocycles. The van der Waals surface area contributed by atoms with E-state index in [1.807, 2.05) is 70.5 Å². The first-order valence-corrected chi connectivity index (χ1v) is 13.7. The number of aromatic nitrogens is 6. The molecule has 4 heterocycles. The molecular formula is C30H33N9O. The molecule has 0 radical (unpaired) electrons. The summed E-state index contributed by atoms with van der Waals surface area (Å²) < 4.78 is 3.60. The van der Waals surface area contributed by atoms with Crippen LogP contribution < -0.4 is 11.1 Å². The lowest BCUT2D eigenvalue weighted by Crippen LogP contribution is -2.42. The molecule has 5 aromatic rings. The quantitative estimate of drug-likeness (QED) is 0.319. The second-order valence-corrected chi connectivity index (χ2v) is 10.5. The summed E-state index contributed by atoms with van der Waals surface area (Å²) in [6.07, 6.45) is 7.18. The van der Waals surface area contributed by atoms with E-state index in [-0.39, 0.29) is 17.9 Å². The summed E-state index contributed by atoms with van der Waals surface area (Å²) in [5.41, 5.74) is 11.3. The summed E-state index contributed by atoms with van der Waals surface area (Å²) in [6, 6.07) is 17.7. The Morgan fingerprint density at radius 2 is 1.88 bits per heavy atom. The van der Waals surface area contributed by atoms with Crippen LogP contribution in [0, 0.1) is 0 Å². The van der Waals surface area contributed by atoms with E-state index in [2.05, 4.69) is 35.4 Å². The van der Waals surface area contributed by atoms with Crippen LogP contribution in [0.4, 0.5) is 5.95 Å². The second-order valence-electron chi connectivity index (χ2n) is 10.5. The van der Waals surface area contributed by atoms with Gasteiger partial charge in [-0.2, -0.15) is 19.7 Å². The Balaban J connectivity index is 1.35. The van der Waals surface area contributed by atoms with Gasteiger partial charge in [-0.25, -0.2) is 9.67 Å². The maximum Gasteiger partial charge on any atom is 0.253 e. The average Bonchev–Trinajstić information content (AvgIpc) is 3.67. The number of carbonyl (C=O) groups excluding carboxylic acids is 1. The Morgan fingerprint density at radius 1 is 1.05 bits per heavy atom. The number of amides is 1. The highest BCUT2D eigenvalue weighted by Gasteiger charge is 2.23. The van der Waals surface area contributed by atoms with Gasteiger partial charge in [0, 0.05) is 54.8 Å². The van der Waals surface area contributed by atoms with E-state index >= 15 is 0 Å². The third-order valence-corrected chi connectivity index (χ3v) is 7.39. The fourth-order valence-corrected chi connectivity index (χ4v) is 5.09. The Kier molecular flexibility index (Phi) is 7.00. The molecule has 3 N–H and O–H groups in total. The predicted molar refractivity (Wildman–Crippen MR) is 154 cm³/mol. The number of hydrogen-bond donors (Lipinski definition) is 2. The molecule has 0 spiro atoms. The molecule has 2 aromatic carbocycles. The van der Waals surface area contributed by atoms with Crippen molar-refractivity contribution in [3.63, 3.8) is 0 Å². The van der Waals surface area contributed by atoms with Crippen LogP contribution >= 0.6 is 0 Å². The first-order valence-electron chi connectivity index (χ1n) is 13.7. The molecule has 1 fully saturated rings. The highest BCUT2D eigenvalue weighted by Crippen LogP contribution is 2.26. The Bertz CT molecular complexity index is 1630. The maximum absolute atomic E-state index is 13.3. The van der Waals surface area contributed by atoms with E-state index in [0.29, 0.717) is 37.0 Å². The van der Waals surface area contributed by atoms with Crippen molar-refractivity contribution in [1.29, 1.82) is 0 Å². The normalized spacial score (nSPS) is 14.2. The van der Waals surface area contributed by atoms with Gasteiger partial charge in [0.05, 0.1) is 11.9 Å². The van der Waals surface area contributed by atoms with Gasteiger partial charge in [0.1, 0.15) is 0 Å². The highest BCUT2D eigenvalue weighted by atomic mass is 16.2. The van der Waals surface area contributed by atoms with Crippen LogP contribution in [0.3, 0.4) is 0 Å². The molecule has 10 heteroatoms. The van der Waals surface area contributed by atoms with Crippen molar-refractivity contribution < 1.29 is 4.79 Å². The van der Waals surface area contributed by atoms with Gasteiger partial charge in [0.25, 0.3) is 5.91 Å². The molecule has 40 heavy (non-hydrogen) atoms. The summed E-state index contributed by atoms with van der Waals surface area (Å²) >= 11 is 0. The van der Waals surface area contributed by atoms with Gasteiger partial charge in [0.15, 0.2) is 11.5 Å². The number of rotatable bonds is 7. The standard InChI is InChI=1S/C30H33N9O/c1-20(2)25-19-34-39-28(25)35-27(21-8-5-9-22(17-21)29(40)37-15-11-24(31)12-16-37)36-30(39)32-18-23-7-3-4-10-26(23)38-14-6-13-33-38/h3-10,13-14,17,19-20,24H,11-12,15-16,18,31H2,1-2H3,(H,32,35,36). The minimum absolute atomic E-state index is 0.00984. The molecule has 0 saturated carbocycles. The third-order valence-electron chi connectivity index (χ3n) is 7.39. The SMILES string of the molecule is CC(C)c1cnn2c(NCc3ccccc3-n3cccn3)nc(-c3cccc(C(=O)N4CCC(N)CC4)c3)nc12. The number of piperidine rings is 1. The van der Waals surface area contributed by atoms with Crippen molar-refractivity contribution in [1.82, 2.24) is 34.3 Å². The molecule has 204 valence electrons. The van der Waals surface area contributed by atoms with Crippen LogP contribution in [0.25, 0.3) is 22.7 Å². The van der Waals surface area contributed by atoms with Crippen molar-refractivity contribution in [3.8, 4) is 17.1 Å². The Labute approximate surface area is 232 Å². The summed E-state index contributed by atoms with van der Waals surface area (Å²) in [7, 11) is 0. The topological polar surface area (TPSA) is 119 Å². The molecule has 1 aliphatic heterocycles. The zero-order valence-electron chi connectivity index (χ0n) is 22.7. The van der Waals surface area contributed by atoms with Crippen LogP contribution in [-0.4, -0.2) is 59.3 Å². The molecule has 3 aromatic heterocycles. The van der Waals surface area contributed by atoms with Crippen molar-refractivity contribution in [2.45, 2.75) is 45.2 Å². The van der Waals surface area contributed by atoms with Crippen LogP contribution in [0.1, 0.15) is 54.1 Å². The largest absolute Gasteiger partial charge is 0.350 e. The number of carbonyl (C=O) groups is 1. The number of para-hydroxylation sites is 1. The van der Waals surface area contributed by atoms with E-state index in [1.54, 1.807) is 10.7 Å². The van der Waals surface area contributed by atoms with Crippen molar-refractivity contribution >= 4 is 17.5 Å². The molecule has 10 nitrogen and oxygen atoms in total. The zero-order chi connectivity index (χ0) is 27.6. The van der Waals surface area contributed by atoms with Gasteiger partial charge in [-0.1, -0.05) is 44.2 Å². The van der Waals surface area contributed by atoms with Gasteiger partial charge >= 0.3 is 0 Å². The Hall–Kier alpha value is -4.57. The van der Waals surface area contributed by atoms with Crippen molar-refractivity contribution in [2.24, 2.45) is 5.73 Å². The first-order chi connectivity index (χ1) is 19.5.